The summed E-state index contributed by atoms with van der Waals surface area (Å²) in [6.45, 7) is 2.84. The number of rotatable bonds is 1. The van der Waals surface area contributed by atoms with Gasteiger partial charge in [0.1, 0.15) is 0 Å². The molecule has 0 spiro atoms. The maximum Gasteiger partial charge on any atom is 0.504 e. The standard InChI is InChI=1S/C7H9F3N2O/c1-4-3-12(7(8,9)10)11-6(4)5(2)13/h3,5,13H,1-2H3. The van der Waals surface area contributed by atoms with Crippen LogP contribution in [0.1, 0.15) is 24.3 Å². The molecule has 13 heavy (non-hydrogen) atoms. The number of aliphatic hydroxyl groups is 1. The van der Waals surface area contributed by atoms with Crippen LogP contribution in [0.5, 0.6) is 0 Å². The summed E-state index contributed by atoms with van der Waals surface area (Å²) in [5, 5.41) is 12.3. The molecule has 0 aliphatic heterocycles. The van der Waals surface area contributed by atoms with E-state index in [9.17, 15) is 13.2 Å². The lowest BCUT2D eigenvalue weighted by Crippen LogP contribution is -2.17. The summed E-state index contributed by atoms with van der Waals surface area (Å²) >= 11 is 0. The number of alkyl halides is 3. The van der Waals surface area contributed by atoms with Crippen molar-refractivity contribution in [2.75, 3.05) is 0 Å². The van der Waals surface area contributed by atoms with Gasteiger partial charge in [0.2, 0.25) is 0 Å². The van der Waals surface area contributed by atoms with Crippen LogP contribution in [-0.2, 0) is 6.30 Å². The third-order valence-electron chi connectivity index (χ3n) is 1.59. The molecule has 0 fully saturated rings. The van der Waals surface area contributed by atoms with E-state index in [1.165, 1.54) is 13.8 Å². The van der Waals surface area contributed by atoms with Crippen LogP contribution in [0.3, 0.4) is 0 Å². The predicted octanol–water partition coefficient (Wildman–Crippen LogP) is 1.72. The van der Waals surface area contributed by atoms with Crippen molar-refractivity contribution < 1.29 is 18.3 Å². The maximum absolute atomic E-state index is 12.1. The number of aryl methyl sites for hydroxylation is 1. The molecule has 0 radical (unpaired) electrons. The van der Waals surface area contributed by atoms with Crippen molar-refractivity contribution in [2.45, 2.75) is 26.3 Å². The van der Waals surface area contributed by atoms with Gasteiger partial charge in [-0.05, 0) is 19.4 Å². The first kappa shape index (κ1) is 10.0. The molecule has 1 unspecified atom stereocenters. The molecule has 0 saturated carbocycles. The minimum Gasteiger partial charge on any atom is -0.387 e. The van der Waals surface area contributed by atoms with E-state index in [1.807, 2.05) is 0 Å². The van der Waals surface area contributed by atoms with E-state index in [0.717, 1.165) is 6.20 Å². The van der Waals surface area contributed by atoms with Crippen LogP contribution in [0.25, 0.3) is 0 Å². The van der Waals surface area contributed by atoms with Gasteiger partial charge in [0.25, 0.3) is 0 Å². The van der Waals surface area contributed by atoms with Crippen LogP contribution >= 0.6 is 0 Å². The minimum absolute atomic E-state index is 0.0531. The maximum atomic E-state index is 12.1. The van der Waals surface area contributed by atoms with Crippen LogP contribution in [0.4, 0.5) is 13.2 Å². The molecule has 1 N–H and O–H groups in total. The second kappa shape index (κ2) is 3.02. The van der Waals surface area contributed by atoms with Gasteiger partial charge in [0, 0.05) is 6.20 Å². The zero-order valence-electron chi connectivity index (χ0n) is 7.13. The number of hydrogen-bond donors (Lipinski definition) is 1. The zero-order chi connectivity index (χ0) is 10.2. The molecular formula is C7H9F3N2O. The topological polar surface area (TPSA) is 38.0 Å². The molecule has 1 aromatic heterocycles. The van der Waals surface area contributed by atoms with Crippen LogP contribution in [0, 0.1) is 6.92 Å². The Morgan fingerprint density at radius 2 is 2.08 bits per heavy atom. The van der Waals surface area contributed by atoms with Crippen molar-refractivity contribution in [2.24, 2.45) is 0 Å². The number of aliphatic hydroxyl groups excluding tert-OH is 1. The third-order valence-corrected chi connectivity index (χ3v) is 1.59. The molecule has 0 aliphatic rings. The smallest absolute Gasteiger partial charge is 0.387 e. The van der Waals surface area contributed by atoms with Gasteiger partial charge in [-0.15, -0.1) is 13.2 Å². The first-order valence-electron chi connectivity index (χ1n) is 3.64. The highest BCUT2D eigenvalue weighted by molar-refractivity contribution is 5.16. The summed E-state index contributed by atoms with van der Waals surface area (Å²) in [6, 6.07) is 0. The van der Waals surface area contributed by atoms with E-state index in [0.29, 0.717) is 5.56 Å². The molecule has 0 aliphatic carbocycles. The van der Waals surface area contributed by atoms with Crippen molar-refractivity contribution in [1.29, 1.82) is 0 Å². The average molecular weight is 194 g/mol. The number of hydrogen-bond acceptors (Lipinski definition) is 2. The van der Waals surface area contributed by atoms with Gasteiger partial charge in [0.05, 0.1) is 11.8 Å². The number of aromatic nitrogens is 2. The number of halogens is 3. The largest absolute Gasteiger partial charge is 0.504 e. The van der Waals surface area contributed by atoms with Crippen LogP contribution in [-0.4, -0.2) is 14.9 Å². The quantitative estimate of drug-likeness (QED) is 0.739. The SMILES string of the molecule is Cc1cn(C(F)(F)F)nc1C(C)O. The lowest BCUT2D eigenvalue weighted by Gasteiger charge is -2.04. The fourth-order valence-electron chi connectivity index (χ4n) is 1.02. The summed E-state index contributed by atoms with van der Waals surface area (Å²) in [6.07, 6.45) is -4.65. The molecule has 0 amide bonds. The molecule has 1 aromatic rings. The molecule has 1 rings (SSSR count). The normalized spacial score (nSPS) is 14.6. The fourth-order valence-corrected chi connectivity index (χ4v) is 1.02. The van der Waals surface area contributed by atoms with E-state index < -0.39 is 12.4 Å². The van der Waals surface area contributed by atoms with Crippen LogP contribution in [0.2, 0.25) is 0 Å². The summed E-state index contributed by atoms with van der Waals surface area (Å²) < 4.78 is 36.1. The van der Waals surface area contributed by atoms with Crippen molar-refractivity contribution in [3.63, 3.8) is 0 Å². The lowest BCUT2D eigenvalue weighted by atomic mass is 10.2. The van der Waals surface area contributed by atoms with Gasteiger partial charge in [-0.3, -0.25) is 0 Å². The Kier molecular flexibility index (Phi) is 2.34. The second-order valence-corrected chi connectivity index (χ2v) is 2.79. The molecule has 0 aromatic carbocycles. The fraction of sp³-hybridized carbons (Fsp3) is 0.571. The van der Waals surface area contributed by atoms with E-state index in [-0.39, 0.29) is 10.4 Å². The highest BCUT2D eigenvalue weighted by atomic mass is 19.4. The van der Waals surface area contributed by atoms with E-state index in [4.69, 9.17) is 5.11 Å². The van der Waals surface area contributed by atoms with Gasteiger partial charge in [-0.25, -0.2) is 0 Å². The van der Waals surface area contributed by atoms with Gasteiger partial charge >= 0.3 is 6.30 Å². The Bertz CT molecular complexity index is 303. The highest BCUT2D eigenvalue weighted by Crippen LogP contribution is 2.24. The van der Waals surface area contributed by atoms with Gasteiger partial charge in [-0.1, -0.05) is 0 Å². The Labute approximate surface area is 72.8 Å². The molecule has 6 heteroatoms. The van der Waals surface area contributed by atoms with Crippen molar-refractivity contribution in [1.82, 2.24) is 9.78 Å². The van der Waals surface area contributed by atoms with Gasteiger partial charge in [0.15, 0.2) is 0 Å². The summed E-state index contributed by atoms with van der Waals surface area (Å²) in [5.74, 6) is 0. The third kappa shape index (κ3) is 2.00. The summed E-state index contributed by atoms with van der Waals surface area (Å²) in [7, 11) is 0. The molecule has 0 bridgehead atoms. The monoisotopic (exact) mass is 194 g/mol. The number of nitrogens with zero attached hydrogens (tertiary/aromatic N) is 2. The minimum atomic E-state index is -4.52. The lowest BCUT2D eigenvalue weighted by molar-refractivity contribution is -0.212. The Morgan fingerprint density at radius 3 is 2.31 bits per heavy atom. The Morgan fingerprint density at radius 1 is 1.54 bits per heavy atom. The molecule has 74 valence electrons. The van der Waals surface area contributed by atoms with E-state index in [2.05, 4.69) is 5.10 Å². The highest BCUT2D eigenvalue weighted by Gasteiger charge is 2.32. The van der Waals surface area contributed by atoms with E-state index >= 15 is 0 Å². The molecule has 0 saturated heterocycles. The first-order chi connectivity index (χ1) is 5.82. The van der Waals surface area contributed by atoms with Gasteiger partial charge in [-0.2, -0.15) is 9.78 Å². The zero-order valence-corrected chi connectivity index (χ0v) is 7.13. The van der Waals surface area contributed by atoms with Gasteiger partial charge < -0.3 is 5.11 Å². The molecular weight excluding hydrogens is 185 g/mol. The van der Waals surface area contributed by atoms with E-state index in [1.54, 1.807) is 0 Å². The average Bonchev–Trinajstić information content (AvgIpc) is 2.29. The summed E-state index contributed by atoms with van der Waals surface area (Å²) in [4.78, 5) is 0. The van der Waals surface area contributed by atoms with Crippen LogP contribution < -0.4 is 0 Å². The Balaban J connectivity index is 3.10. The summed E-state index contributed by atoms with van der Waals surface area (Å²) in [5.41, 5.74) is 0.379. The molecule has 1 heterocycles. The molecule has 3 nitrogen and oxygen atoms in total. The molecule has 1 atom stereocenters. The predicted molar refractivity (Wildman–Crippen MR) is 38.9 cm³/mol. The van der Waals surface area contributed by atoms with Crippen molar-refractivity contribution >= 4 is 0 Å². The van der Waals surface area contributed by atoms with Crippen molar-refractivity contribution in [3.8, 4) is 0 Å². The second-order valence-electron chi connectivity index (χ2n) is 2.79. The first-order valence-corrected chi connectivity index (χ1v) is 3.64. The Hall–Kier alpha value is -1.04. The van der Waals surface area contributed by atoms with Crippen molar-refractivity contribution in [3.05, 3.63) is 17.5 Å². The van der Waals surface area contributed by atoms with Crippen LogP contribution in [0.15, 0.2) is 6.20 Å².